The van der Waals surface area contributed by atoms with E-state index in [1.807, 2.05) is 6.07 Å². The molecule has 1 aliphatic carbocycles. The van der Waals surface area contributed by atoms with Crippen LogP contribution in [0.3, 0.4) is 0 Å². The third kappa shape index (κ3) is 2.74. The fraction of sp³-hybridized carbons (Fsp3) is 0.667. The van der Waals surface area contributed by atoms with Gasteiger partial charge in [0.15, 0.2) is 0 Å². The van der Waals surface area contributed by atoms with Crippen LogP contribution in [0.25, 0.3) is 0 Å². The van der Waals surface area contributed by atoms with Gasteiger partial charge in [0.25, 0.3) is 0 Å². The number of aromatic nitrogens is 1. The second-order valence-corrected chi connectivity index (χ2v) is 5.97. The summed E-state index contributed by atoms with van der Waals surface area (Å²) in [6.07, 6.45) is 5.61. The van der Waals surface area contributed by atoms with E-state index in [-0.39, 0.29) is 6.61 Å². The lowest BCUT2D eigenvalue weighted by atomic mass is 9.75. The number of aryl methyl sites for hydroxylation is 1. The number of aliphatic hydroxyl groups excluding tert-OH is 1. The first-order valence-electron chi connectivity index (χ1n) is 6.93. The van der Waals surface area contributed by atoms with Crippen LogP contribution >= 0.6 is 0 Å². The Kier molecular flexibility index (Phi) is 4.11. The number of nitrogens with zero attached hydrogens (tertiary/aromatic N) is 3. The van der Waals surface area contributed by atoms with Crippen LogP contribution < -0.4 is 4.90 Å². The van der Waals surface area contributed by atoms with Crippen molar-refractivity contribution in [3.05, 3.63) is 23.4 Å². The van der Waals surface area contributed by atoms with Crippen molar-refractivity contribution < 1.29 is 5.11 Å². The van der Waals surface area contributed by atoms with E-state index in [9.17, 15) is 0 Å². The summed E-state index contributed by atoms with van der Waals surface area (Å²) in [4.78, 5) is 9.10. The second-order valence-electron chi connectivity index (χ2n) is 5.97. The third-order valence-electron chi connectivity index (χ3n) is 4.42. The molecule has 1 aromatic rings. The molecule has 1 aromatic heterocycles. The number of rotatable bonds is 5. The first-order valence-corrected chi connectivity index (χ1v) is 6.93. The molecule has 106 valence electrons. The lowest BCUT2D eigenvalue weighted by Crippen LogP contribution is -2.57. The van der Waals surface area contributed by atoms with Crippen molar-refractivity contribution in [2.45, 2.75) is 38.3 Å². The Morgan fingerprint density at radius 3 is 2.42 bits per heavy atom. The van der Waals surface area contributed by atoms with Crippen molar-refractivity contribution in [2.24, 2.45) is 0 Å². The lowest BCUT2D eigenvalue weighted by molar-refractivity contribution is 0.0681. The Balaban J connectivity index is 2.13. The number of hydrogen-bond acceptors (Lipinski definition) is 4. The van der Waals surface area contributed by atoms with Crippen molar-refractivity contribution in [2.75, 3.05) is 32.6 Å². The summed E-state index contributed by atoms with van der Waals surface area (Å²) >= 11 is 0. The molecular formula is C15H25N3O. The molecule has 1 saturated carbocycles. The Hall–Kier alpha value is -1.13. The number of pyridine rings is 1. The van der Waals surface area contributed by atoms with E-state index in [2.05, 4.69) is 42.9 Å². The molecule has 1 heterocycles. The molecule has 0 saturated heterocycles. The highest BCUT2D eigenvalue weighted by atomic mass is 16.3. The first kappa shape index (κ1) is 14.3. The van der Waals surface area contributed by atoms with Gasteiger partial charge in [0, 0.05) is 25.3 Å². The summed E-state index contributed by atoms with van der Waals surface area (Å²) in [7, 11) is 6.45. The van der Waals surface area contributed by atoms with Crippen LogP contribution in [0.2, 0.25) is 0 Å². The van der Waals surface area contributed by atoms with E-state index in [4.69, 9.17) is 5.11 Å². The molecular weight excluding hydrogens is 238 g/mol. The van der Waals surface area contributed by atoms with E-state index >= 15 is 0 Å². The highest BCUT2D eigenvalue weighted by Gasteiger charge is 2.40. The molecule has 4 heteroatoms. The summed E-state index contributed by atoms with van der Waals surface area (Å²) in [5.41, 5.74) is 2.31. The molecule has 0 aliphatic heterocycles. The molecule has 0 atom stereocenters. The Morgan fingerprint density at radius 1 is 1.32 bits per heavy atom. The molecule has 0 bridgehead atoms. The Bertz CT molecular complexity index is 441. The van der Waals surface area contributed by atoms with Crippen LogP contribution in [-0.4, -0.2) is 48.2 Å². The summed E-state index contributed by atoms with van der Waals surface area (Å²) in [6, 6.07) is 2.02. The van der Waals surface area contributed by atoms with Gasteiger partial charge in [0.05, 0.1) is 6.61 Å². The van der Waals surface area contributed by atoms with Crippen LogP contribution in [0, 0.1) is 6.92 Å². The Labute approximate surface area is 116 Å². The van der Waals surface area contributed by atoms with E-state index in [1.165, 1.54) is 19.3 Å². The lowest BCUT2D eigenvalue weighted by Gasteiger charge is -2.49. The number of likely N-dealkylation sites (N-methyl/N-ethyl adjacent to an activating group) is 2. The molecule has 1 fully saturated rings. The molecule has 1 aliphatic rings. The molecule has 19 heavy (non-hydrogen) atoms. The molecule has 0 unspecified atom stereocenters. The van der Waals surface area contributed by atoms with Crippen molar-refractivity contribution >= 4 is 5.82 Å². The fourth-order valence-electron chi connectivity index (χ4n) is 2.96. The van der Waals surface area contributed by atoms with Gasteiger partial charge in [0.1, 0.15) is 5.82 Å². The first-order chi connectivity index (χ1) is 8.98. The van der Waals surface area contributed by atoms with Gasteiger partial charge in [0.2, 0.25) is 0 Å². The summed E-state index contributed by atoms with van der Waals surface area (Å²) < 4.78 is 0. The smallest absolute Gasteiger partial charge is 0.131 e. The second kappa shape index (κ2) is 5.47. The SMILES string of the molecule is Cc1cc(CO)cnc1N(C)CC1(N(C)C)CCC1. The molecule has 4 nitrogen and oxygen atoms in total. The minimum atomic E-state index is 0.0550. The summed E-state index contributed by atoms with van der Waals surface area (Å²) in [6.45, 7) is 3.12. The van der Waals surface area contributed by atoms with E-state index in [0.717, 1.165) is 23.5 Å². The topological polar surface area (TPSA) is 39.6 Å². The van der Waals surface area contributed by atoms with Crippen LogP contribution in [0.4, 0.5) is 5.82 Å². The van der Waals surface area contributed by atoms with E-state index in [1.54, 1.807) is 6.20 Å². The molecule has 0 aromatic carbocycles. The predicted octanol–water partition coefficient (Wildman–Crippen LogP) is 1.80. The van der Waals surface area contributed by atoms with Gasteiger partial charge in [-0.25, -0.2) is 4.98 Å². The van der Waals surface area contributed by atoms with Crippen molar-refractivity contribution in [1.29, 1.82) is 0 Å². The van der Waals surface area contributed by atoms with E-state index < -0.39 is 0 Å². The van der Waals surface area contributed by atoms with Crippen LogP contribution in [0.15, 0.2) is 12.3 Å². The fourth-order valence-corrected chi connectivity index (χ4v) is 2.96. The quantitative estimate of drug-likeness (QED) is 0.879. The van der Waals surface area contributed by atoms with Crippen LogP contribution in [0.1, 0.15) is 30.4 Å². The average Bonchev–Trinajstić information content (AvgIpc) is 2.32. The van der Waals surface area contributed by atoms with Crippen LogP contribution in [0.5, 0.6) is 0 Å². The minimum absolute atomic E-state index is 0.0550. The highest BCUT2D eigenvalue weighted by Crippen LogP contribution is 2.37. The monoisotopic (exact) mass is 263 g/mol. The third-order valence-corrected chi connectivity index (χ3v) is 4.42. The highest BCUT2D eigenvalue weighted by molar-refractivity contribution is 5.47. The largest absolute Gasteiger partial charge is 0.392 e. The number of anilines is 1. The predicted molar refractivity (Wildman–Crippen MR) is 78.4 cm³/mol. The van der Waals surface area contributed by atoms with Gasteiger partial charge in [-0.15, -0.1) is 0 Å². The zero-order valence-electron chi connectivity index (χ0n) is 12.5. The van der Waals surface area contributed by atoms with Gasteiger partial charge in [-0.1, -0.05) is 0 Å². The van der Waals surface area contributed by atoms with Crippen molar-refractivity contribution in [3.8, 4) is 0 Å². The zero-order valence-corrected chi connectivity index (χ0v) is 12.5. The minimum Gasteiger partial charge on any atom is -0.392 e. The van der Waals surface area contributed by atoms with Gasteiger partial charge in [-0.3, -0.25) is 0 Å². The van der Waals surface area contributed by atoms with Crippen molar-refractivity contribution in [1.82, 2.24) is 9.88 Å². The van der Waals surface area contributed by atoms with Crippen LogP contribution in [-0.2, 0) is 6.61 Å². The molecule has 0 spiro atoms. The maximum Gasteiger partial charge on any atom is 0.131 e. The molecule has 0 radical (unpaired) electrons. The molecule has 1 N–H and O–H groups in total. The van der Waals surface area contributed by atoms with Crippen molar-refractivity contribution in [3.63, 3.8) is 0 Å². The Morgan fingerprint density at radius 2 is 2.00 bits per heavy atom. The summed E-state index contributed by atoms with van der Waals surface area (Å²) in [5, 5.41) is 9.14. The normalized spacial score (nSPS) is 17.4. The number of aliphatic hydroxyl groups is 1. The van der Waals surface area contributed by atoms with E-state index in [0.29, 0.717) is 5.54 Å². The van der Waals surface area contributed by atoms with Gasteiger partial charge < -0.3 is 14.9 Å². The van der Waals surface area contributed by atoms with Gasteiger partial charge >= 0.3 is 0 Å². The number of hydrogen-bond donors (Lipinski definition) is 1. The summed E-state index contributed by atoms with van der Waals surface area (Å²) in [5.74, 6) is 1.02. The molecule has 2 rings (SSSR count). The van der Waals surface area contributed by atoms with Gasteiger partial charge in [-0.05, 0) is 57.5 Å². The standard InChI is InChI=1S/C15H25N3O/c1-12-8-13(10-19)9-16-14(12)18(4)11-15(17(2)3)6-5-7-15/h8-9,19H,5-7,10-11H2,1-4H3. The maximum atomic E-state index is 9.14. The maximum absolute atomic E-state index is 9.14. The molecule has 0 amide bonds. The average molecular weight is 263 g/mol. The zero-order chi connectivity index (χ0) is 14.0. The van der Waals surface area contributed by atoms with Gasteiger partial charge in [-0.2, -0.15) is 0 Å².